The lowest BCUT2D eigenvalue weighted by atomic mass is 10.2. The summed E-state index contributed by atoms with van der Waals surface area (Å²) in [4.78, 5) is 8.76. The second-order valence-corrected chi connectivity index (χ2v) is 6.02. The molecular formula is C15H13Cl3N3. The Morgan fingerprint density at radius 3 is 2.43 bits per heavy atom. The highest BCUT2D eigenvalue weighted by molar-refractivity contribution is 6.35. The molecule has 0 atom stereocenters. The van der Waals surface area contributed by atoms with Crippen LogP contribution in [0.25, 0.3) is 0 Å². The first-order valence-electron chi connectivity index (χ1n) is 6.62. The SMILES string of the molecule is Clc1[c]cc(Cl)c(N2CCN(c3ncccc3Cl)CC2)c1. The second kappa shape index (κ2) is 6.30. The molecule has 1 aliphatic rings. The first kappa shape index (κ1) is 14.8. The van der Waals surface area contributed by atoms with E-state index in [9.17, 15) is 0 Å². The Labute approximate surface area is 139 Å². The minimum atomic E-state index is 0.574. The lowest BCUT2D eigenvalue weighted by Crippen LogP contribution is -2.47. The number of halogens is 3. The van der Waals surface area contributed by atoms with Gasteiger partial charge in [-0.1, -0.05) is 34.8 Å². The van der Waals surface area contributed by atoms with Crippen LogP contribution in [0.15, 0.2) is 30.5 Å². The summed E-state index contributed by atoms with van der Waals surface area (Å²) in [5, 5.41) is 1.93. The molecule has 0 amide bonds. The molecule has 0 N–H and O–H groups in total. The summed E-state index contributed by atoms with van der Waals surface area (Å²) in [5.41, 5.74) is 0.951. The molecule has 0 unspecified atom stereocenters. The summed E-state index contributed by atoms with van der Waals surface area (Å²) in [6.45, 7) is 3.35. The molecule has 1 aromatic carbocycles. The molecule has 21 heavy (non-hydrogen) atoms. The molecule has 1 radical (unpaired) electrons. The molecule has 1 saturated heterocycles. The van der Waals surface area contributed by atoms with Gasteiger partial charge in [0.25, 0.3) is 0 Å². The van der Waals surface area contributed by atoms with Crippen molar-refractivity contribution in [2.45, 2.75) is 0 Å². The first-order valence-corrected chi connectivity index (χ1v) is 7.75. The van der Waals surface area contributed by atoms with E-state index in [1.807, 2.05) is 18.2 Å². The zero-order chi connectivity index (χ0) is 14.8. The van der Waals surface area contributed by atoms with Crippen molar-refractivity contribution in [1.82, 2.24) is 4.98 Å². The van der Waals surface area contributed by atoms with Gasteiger partial charge in [-0.2, -0.15) is 0 Å². The van der Waals surface area contributed by atoms with Crippen molar-refractivity contribution in [2.75, 3.05) is 36.0 Å². The van der Waals surface area contributed by atoms with Gasteiger partial charge >= 0.3 is 0 Å². The van der Waals surface area contributed by atoms with Crippen LogP contribution in [0.5, 0.6) is 0 Å². The molecule has 109 valence electrons. The molecule has 1 fully saturated rings. The highest BCUT2D eigenvalue weighted by atomic mass is 35.5. The number of hydrogen-bond acceptors (Lipinski definition) is 3. The maximum atomic E-state index is 6.23. The average molecular weight is 342 g/mol. The summed E-state index contributed by atoms with van der Waals surface area (Å²) in [7, 11) is 0. The topological polar surface area (TPSA) is 19.4 Å². The van der Waals surface area contributed by atoms with Crippen molar-refractivity contribution in [3.8, 4) is 0 Å². The van der Waals surface area contributed by atoms with Gasteiger partial charge in [0, 0.05) is 38.4 Å². The molecule has 3 rings (SSSR count). The molecular weight excluding hydrogens is 329 g/mol. The molecule has 0 aliphatic carbocycles. The number of pyridine rings is 1. The Kier molecular flexibility index (Phi) is 4.43. The maximum Gasteiger partial charge on any atom is 0.147 e. The average Bonchev–Trinajstić information content (AvgIpc) is 2.50. The van der Waals surface area contributed by atoms with Crippen LogP contribution in [0.3, 0.4) is 0 Å². The van der Waals surface area contributed by atoms with Gasteiger partial charge in [-0.3, -0.25) is 0 Å². The second-order valence-electron chi connectivity index (χ2n) is 4.80. The van der Waals surface area contributed by atoms with E-state index in [2.05, 4.69) is 20.9 Å². The van der Waals surface area contributed by atoms with Crippen LogP contribution < -0.4 is 9.80 Å². The zero-order valence-electron chi connectivity index (χ0n) is 11.2. The highest BCUT2D eigenvalue weighted by Gasteiger charge is 2.21. The van der Waals surface area contributed by atoms with Crippen molar-refractivity contribution < 1.29 is 0 Å². The van der Waals surface area contributed by atoms with Crippen LogP contribution in [0, 0.1) is 6.07 Å². The van der Waals surface area contributed by atoms with Crippen LogP contribution in [0.1, 0.15) is 0 Å². The number of rotatable bonds is 2. The molecule has 0 bridgehead atoms. The summed E-state index contributed by atoms with van der Waals surface area (Å²) in [5.74, 6) is 0.837. The van der Waals surface area contributed by atoms with Gasteiger partial charge < -0.3 is 9.80 Å². The van der Waals surface area contributed by atoms with Gasteiger partial charge in [0.2, 0.25) is 0 Å². The molecule has 0 spiro atoms. The van der Waals surface area contributed by atoms with Crippen molar-refractivity contribution in [1.29, 1.82) is 0 Å². The summed E-state index contributed by atoms with van der Waals surface area (Å²) in [6, 6.07) is 10.2. The Bertz CT molecular complexity index is 640. The lowest BCUT2D eigenvalue weighted by Gasteiger charge is -2.37. The predicted octanol–water partition coefficient (Wildman–Crippen LogP) is 4.17. The van der Waals surface area contributed by atoms with Gasteiger partial charge in [-0.05, 0) is 24.3 Å². The third-order valence-corrected chi connectivity index (χ3v) is 4.32. The maximum absolute atomic E-state index is 6.23. The fraction of sp³-hybridized carbons (Fsp3) is 0.267. The third kappa shape index (κ3) is 3.20. The van der Waals surface area contributed by atoms with Crippen LogP contribution in [0.2, 0.25) is 15.1 Å². The van der Waals surface area contributed by atoms with Crippen LogP contribution in [-0.4, -0.2) is 31.2 Å². The van der Waals surface area contributed by atoms with Crippen LogP contribution in [-0.2, 0) is 0 Å². The number of anilines is 2. The number of hydrogen-bond donors (Lipinski definition) is 0. The van der Waals surface area contributed by atoms with E-state index in [1.54, 1.807) is 12.3 Å². The van der Waals surface area contributed by atoms with E-state index in [-0.39, 0.29) is 0 Å². The lowest BCUT2D eigenvalue weighted by molar-refractivity contribution is 0.647. The molecule has 3 nitrogen and oxygen atoms in total. The van der Waals surface area contributed by atoms with E-state index in [4.69, 9.17) is 34.8 Å². The largest absolute Gasteiger partial charge is 0.367 e. The molecule has 0 saturated carbocycles. The Morgan fingerprint density at radius 1 is 1.00 bits per heavy atom. The van der Waals surface area contributed by atoms with Crippen molar-refractivity contribution in [2.24, 2.45) is 0 Å². The molecule has 2 aromatic rings. The highest BCUT2D eigenvalue weighted by Crippen LogP contribution is 2.30. The monoisotopic (exact) mass is 340 g/mol. The Balaban J connectivity index is 1.73. The number of nitrogens with zero attached hydrogens (tertiary/aromatic N) is 3. The van der Waals surface area contributed by atoms with Gasteiger partial charge in [0.05, 0.1) is 20.8 Å². The van der Waals surface area contributed by atoms with Crippen LogP contribution >= 0.6 is 34.8 Å². The van der Waals surface area contributed by atoms with Crippen molar-refractivity contribution in [3.05, 3.63) is 51.6 Å². The van der Waals surface area contributed by atoms with E-state index < -0.39 is 0 Å². The first-order chi connectivity index (χ1) is 10.1. The van der Waals surface area contributed by atoms with E-state index in [0.29, 0.717) is 15.1 Å². The minimum absolute atomic E-state index is 0.574. The fourth-order valence-corrected chi connectivity index (χ4v) is 3.08. The normalized spacial score (nSPS) is 15.4. The summed E-state index contributed by atoms with van der Waals surface area (Å²) < 4.78 is 0. The fourth-order valence-electron chi connectivity index (χ4n) is 2.45. The van der Waals surface area contributed by atoms with E-state index in [1.165, 1.54) is 0 Å². The number of piperazine rings is 1. The molecule has 1 aliphatic heterocycles. The van der Waals surface area contributed by atoms with E-state index >= 15 is 0 Å². The van der Waals surface area contributed by atoms with Gasteiger partial charge in [-0.15, -0.1) is 0 Å². The van der Waals surface area contributed by atoms with Crippen molar-refractivity contribution in [3.63, 3.8) is 0 Å². The predicted molar refractivity (Wildman–Crippen MR) is 89.0 cm³/mol. The Hall–Kier alpha value is -1.16. The zero-order valence-corrected chi connectivity index (χ0v) is 13.5. The molecule has 2 heterocycles. The van der Waals surface area contributed by atoms with Crippen LogP contribution in [0.4, 0.5) is 11.5 Å². The molecule has 6 heteroatoms. The standard InChI is InChI=1S/C15H13Cl3N3/c16-11-3-4-12(17)14(10-11)20-6-8-21(9-7-20)15-13(18)2-1-5-19-15/h1-2,4-5,10H,6-9H2. The summed E-state index contributed by atoms with van der Waals surface area (Å²) in [6.07, 6.45) is 1.76. The quantitative estimate of drug-likeness (QED) is 0.817. The third-order valence-electron chi connectivity index (χ3n) is 3.50. The van der Waals surface area contributed by atoms with Gasteiger partial charge in [0.1, 0.15) is 5.82 Å². The van der Waals surface area contributed by atoms with E-state index in [0.717, 1.165) is 37.7 Å². The molecule has 1 aromatic heterocycles. The van der Waals surface area contributed by atoms with Crippen molar-refractivity contribution >= 4 is 46.3 Å². The number of benzene rings is 1. The van der Waals surface area contributed by atoms with Gasteiger partial charge in [0.15, 0.2) is 0 Å². The smallest absolute Gasteiger partial charge is 0.147 e. The Morgan fingerprint density at radius 2 is 1.71 bits per heavy atom. The van der Waals surface area contributed by atoms with Gasteiger partial charge in [-0.25, -0.2) is 4.98 Å². The number of aromatic nitrogens is 1. The summed E-state index contributed by atoms with van der Waals surface area (Å²) >= 11 is 18.4. The minimum Gasteiger partial charge on any atom is -0.367 e.